The highest BCUT2D eigenvalue weighted by molar-refractivity contribution is 5.73. The van der Waals surface area contributed by atoms with Crippen LogP contribution in [0, 0.1) is 0 Å². The maximum atomic E-state index is 12.2. The Labute approximate surface area is 169 Å². The second-order valence-electron chi connectivity index (χ2n) is 8.70. The number of piperidine rings is 1. The topological polar surface area (TPSA) is 39.3 Å². The molecule has 1 unspecified atom stereocenters. The summed E-state index contributed by atoms with van der Waals surface area (Å²) in [5, 5.41) is 0. The Morgan fingerprint density at radius 2 is 1.71 bits per heavy atom. The largest absolute Gasteiger partial charge is 0.375 e. The molecule has 3 fully saturated rings. The minimum atomic E-state index is -0.0252. The van der Waals surface area contributed by atoms with E-state index in [1.807, 2.05) is 19.0 Å². The number of ether oxygens (including phenoxy) is 1. The lowest BCUT2D eigenvalue weighted by Gasteiger charge is -2.50. The van der Waals surface area contributed by atoms with Gasteiger partial charge < -0.3 is 19.4 Å². The highest BCUT2D eigenvalue weighted by Crippen LogP contribution is 2.37. The van der Waals surface area contributed by atoms with Gasteiger partial charge in [-0.05, 0) is 37.8 Å². The van der Waals surface area contributed by atoms with Gasteiger partial charge in [-0.3, -0.25) is 4.90 Å². The van der Waals surface area contributed by atoms with Gasteiger partial charge in [0.2, 0.25) is 0 Å². The molecule has 0 bridgehead atoms. The maximum absolute atomic E-state index is 12.2. The number of nitrogens with zero attached hydrogens (tertiary/aromatic N) is 4. The van der Waals surface area contributed by atoms with Crippen molar-refractivity contribution in [3.63, 3.8) is 0 Å². The molecule has 0 aliphatic carbocycles. The Balaban J connectivity index is 1.31. The number of hydrogen-bond acceptors (Lipinski definition) is 4. The molecular weight excluding hydrogens is 352 g/mol. The molecule has 1 atom stereocenters. The lowest BCUT2D eigenvalue weighted by atomic mass is 9.81. The second-order valence-corrected chi connectivity index (χ2v) is 8.70. The molecule has 2 amide bonds. The van der Waals surface area contributed by atoms with E-state index in [1.54, 1.807) is 4.90 Å². The summed E-state index contributed by atoms with van der Waals surface area (Å²) in [4.78, 5) is 21.0. The molecule has 3 aliphatic heterocycles. The summed E-state index contributed by atoms with van der Waals surface area (Å²) < 4.78 is 6.32. The third-order valence-electron chi connectivity index (χ3n) is 6.75. The SMILES string of the molecule is CN(C)C(=O)N1CCC2(CC1)CC(N1CCN(c3ccccc3)CC1)CCO2. The molecule has 0 radical (unpaired) electrons. The summed E-state index contributed by atoms with van der Waals surface area (Å²) in [6.07, 6.45) is 4.18. The van der Waals surface area contributed by atoms with Crippen LogP contribution in [0.2, 0.25) is 0 Å². The zero-order valence-corrected chi connectivity index (χ0v) is 17.3. The lowest BCUT2D eigenvalue weighted by Crippen LogP contribution is -2.58. The predicted octanol–water partition coefficient (Wildman–Crippen LogP) is 2.50. The molecule has 4 rings (SSSR count). The zero-order valence-electron chi connectivity index (χ0n) is 17.3. The van der Waals surface area contributed by atoms with Crippen LogP contribution < -0.4 is 4.90 Å². The first-order valence-corrected chi connectivity index (χ1v) is 10.7. The standard InChI is InChI=1S/C22H34N4O2/c1-23(2)21(27)26-11-9-22(10-12-26)18-20(8-17-28-22)25-15-13-24(14-16-25)19-6-4-3-5-7-19/h3-7,20H,8-18H2,1-2H3. The molecular formula is C22H34N4O2. The average Bonchev–Trinajstić information content (AvgIpc) is 2.75. The smallest absolute Gasteiger partial charge is 0.319 e. The molecule has 0 saturated carbocycles. The van der Waals surface area contributed by atoms with Crippen LogP contribution in [-0.4, -0.2) is 92.3 Å². The van der Waals surface area contributed by atoms with E-state index in [-0.39, 0.29) is 11.6 Å². The normalized spacial score (nSPS) is 25.7. The van der Waals surface area contributed by atoms with E-state index in [0.29, 0.717) is 6.04 Å². The van der Waals surface area contributed by atoms with Gasteiger partial charge in [-0.15, -0.1) is 0 Å². The fourth-order valence-electron chi connectivity index (χ4n) is 5.03. The number of para-hydroxylation sites is 1. The highest BCUT2D eigenvalue weighted by atomic mass is 16.5. The number of piperazine rings is 1. The lowest BCUT2D eigenvalue weighted by molar-refractivity contribution is -0.130. The van der Waals surface area contributed by atoms with Crippen molar-refractivity contribution in [1.82, 2.24) is 14.7 Å². The van der Waals surface area contributed by atoms with Gasteiger partial charge in [-0.2, -0.15) is 0 Å². The van der Waals surface area contributed by atoms with E-state index in [9.17, 15) is 4.79 Å². The van der Waals surface area contributed by atoms with Crippen molar-refractivity contribution in [2.45, 2.75) is 37.3 Å². The Hall–Kier alpha value is -1.79. The van der Waals surface area contributed by atoms with E-state index in [4.69, 9.17) is 4.74 Å². The van der Waals surface area contributed by atoms with E-state index in [1.165, 1.54) is 5.69 Å². The highest BCUT2D eigenvalue weighted by Gasteiger charge is 2.43. The fraction of sp³-hybridized carbons (Fsp3) is 0.682. The number of carbonyl (C=O) groups is 1. The van der Waals surface area contributed by atoms with E-state index in [0.717, 1.165) is 71.6 Å². The van der Waals surface area contributed by atoms with E-state index in [2.05, 4.69) is 40.1 Å². The number of hydrogen-bond donors (Lipinski definition) is 0. The Bertz CT molecular complexity index is 650. The summed E-state index contributed by atoms with van der Waals surface area (Å²) >= 11 is 0. The number of amides is 2. The Morgan fingerprint density at radius 1 is 1.04 bits per heavy atom. The molecule has 1 aromatic carbocycles. The van der Waals surface area contributed by atoms with Gasteiger partial charge in [-0.25, -0.2) is 4.79 Å². The molecule has 1 spiro atoms. The molecule has 6 nitrogen and oxygen atoms in total. The molecule has 3 heterocycles. The molecule has 3 aliphatic rings. The Kier molecular flexibility index (Phi) is 5.78. The summed E-state index contributed by atoms with van der Waals surface area (Å²) in [7, 11) is 3.66. The van der Waals surface area contributed by atoms with Gasteiger partial charge in [0, 0.05) is 71.7 Å². The van der Waals surface area contributed by atoms with Crippen molar-refractivity contribution in [2.24, 2.45) is 0 Å². The first kappa shape index (κ1) is 19.5. The summed E-state index contributed by atoms with van der Waals surface area (Å²) in [5.41, 5.74) is 1.31. The number of likely N-dealkylation sites (tertiary alicyclic amines) is 1. The quantitative estimate of drug-likeness (QED) is 0.783. The number of benzene rings is 1. The summed E-state index contributed by atoms with van der Waals surface area (Å²) in [5.74, 6) is 0. The summed E-state index contributed by atoms with van der Waals surface area (Å²) in [6, 6.07) is 11.5. The van der Waals surface area contributed by atoms with Crippen LogP contribution in [0.5, 0.6) is 0 Å². The van der Waals surface area contributed by atoms with Crippen LogP contribution in [0.1, 0.15) is 25.7 Å². The van der Waals surface area contributed by atoms with Crippen LogP contribution in [0.4, 0.5) is 10.5 Å². The van der Waals surface area contributed by atoms with Gasteiger partial charge in [0.15, 0.2) is 0 Å². The van der Waals surface area contributed by atoms with Crippen molar-refractivity contribution in [3.05, 3.63) is 30.3 Å². The second kappa shape index (κ2) is 8.29. The molecule has 28 heavy (non-hydrogen) atoms. The first-order chi connectivity index (χ1) is 13.6. The van der Waals surface area contributed by atoms with Crippen LogP contribution >= 0.6 is 0 Å². The summed E-state index contributed by atoms with van der Waals surface area (Å²) in [6.45, 7) is 6.92. The number of urea groups is 1. The fourth-order valence-corrected chi connectivity index (χ4v) is 5.03. The number of rotatable bonds is 2. The monoisotopic (exact) mass is 386 g/mol. The maximum Gasteiger partial charge on any atom is 0.319 e. The number of anilines is 1. The van der Waals surface area contributed by atoms with Crippen molar-refractivity contribution < 1.29 is 9.53 Å². The third-order valence-corrected chi connectivity index (χ3v) is 6.75. The van der Waals surface area contributed by atoms with E-state index < -0.39 is 0 Å². The van der Waals surface area contributed by atoms with Gasteiger partial charge in [0.25, 0.3) is 0 Å². The van der Waals surface area contributed by atoms with Gasteiger partial charge in [0.1, 0.15) is 0 Å². The van der Waals surface area contributed by atoms with E-state index >= 15 is 0 Å². The molecule has 154 valence electrons. The minimum Gasteiger partial charge on any atom is -0.375 e. The minimum absolute atomic E-state index is 0.0252. The molecule has 1 aromatic rings. The molecule has 6 heteroatoms. The number of carbonyl (C=O) groups excluding carboxylic acids is 1. The zero-order chi connectivity index (χ0) is 19.6. The van der Waals surface area contributed by atoms with Crippen LogP contribution in [0.3, 0.4) is 0 Å². The van der Waals surface area contributed by atoms with Crippen molar-refractivity contribution in [2.75, 3.05) is 64.9 Å². The molecule has 0 aromatic heterocycles. The van der Waals surface area contributed by atoms with Crippen molar-refractivity contribution in [1.29, 1.82) is 0 Å². The van der Waals surface area contributed by atoms with Gasteiger partial charge >= 0.3 is 6.03 Å². The van der Waals surface area contributed by atoms with Crippen LogP contribution in [0.15, 0.2) is 30.3 Å². The third kappa shape index (κ3) is 4.13. The van der Waals surface area contributed by atoms with Crippen LogP contribution in [0.25, 0.3) is 0 Å². The van der Waals surface area contributed by atoms with Gasteiger partial charge in [0.05, 0.1) is 5.60 Å². The molecule has 0 N–H and O–H groups in total. The average molecular weight is 387 g/mol. The molecule has 3 saturated heterocycles. The van der Waals surface area contributed by atoms with Crippen molar-refractivity contribution >= 4 is 11.7 Å². The Morgan fingerprint density at radius 3 is 2.36 bits per heavy atom. The predicted molar refractivity (Wildman–Crippen MR) is 112 cm³/mol. The van der Waals surface area contributed by atoms with Crippen molar-refractivity contribution in [3.8, 4) is 0 Å². The first-order valence-electron chi connectivity index (χ1n) is 10.7. The van der Waals surface area contributed by atoms with Gasteiger partial charge in [-0.1, -0.05) is 18.2 Å². The van der Waals surface area contributed by atoms with Crippen LogP contribution in [-0.2, 0) is 4.74 Å².